The van der Waals surface area contributed by atoms with Crippen LogP contribution in [-0.2, 0) is 15.0 Å². The molecule has 2 aliphatic carbocycles. The van der Waals surface area contributed by atoms with Gasteiger partial charge < -0.3 is 0 Å². The van der Waals surface area contributed by atoms with Crippen molar-refractivity contribution in [2.24, 2.45) is 0 Å². The van der Waals surface area contributed by atoms with Gasteiger partial charge in [0.2, 0.25) is 0 Å². The molecule has 2 nitrogen and oxygen atoms in total. The van der Waals surface area contributed by atoms with Crippen molar-refractivity contribution in [1.82, 2.24) is 0 Å². The first-order valence-electron chi connectivity index (χ1n) is 19.0. The van der Waals surface area contributed by atoms with E-state index in [2.05, 4.69) is 152 Å². The van der Waals surface area contributed by atoms with Crippen LogP contribution < -0.4 is 0 Å². The zero-order valence-electron chi connectivity index (χ0n) is 33.0. The Labute approximate surface area is 328 Å². The third kappa shape index (κ3) is 5.73. The standard InChI is InChI=1S/2C23H21O.C2H6Si.2ClH.Zr/c2*1-14-5-6-15(2)20(11-14)23-16(3)7-9-18-12-19(13-21(18)23)22-10-8-17(4)24-22;1-3-2;;;/h2*5-13H,1-4H3;1-2H3;2*1H;/q;;;;;+2/p-2. The molecule has 2 unspecified atom stereocenters. The molecule has 54 heavy (non-hydrogen) atoms. The monoisotopic (exact) mass is 844 g/mol. The molecule has 8 rings (SSSR count). The number of hydrogen-bond acceptors (Lipinski definition) is 2. The van der Waals surface area contributed by atoms with Crippen molar-refractivity contribution < 1.29 is 23.8 Å². The van der Waals surface area contributed by atoms with Crippen molar-refractivity contribution in [2.75, 3.05) is 0 Å². The van der Waals surface area contributed by atoms with Crippen LogP contribution in [0.25, 0.3) is 45.6 Å². The molecule has 2 heterocycles. The van der Waals surface area contributed by atoms with Crippen molar-refractivity contribution in [3.63, 3.8) is 0 Å². The van der Waals surface area contributed by atoms with Crippen LogP contribution in [0.15, 0.2) is 93.8 Å². The van der Waals surface area contributed by atoms with Gasteiger partial charge in [-0.3, -0.25) is 0 Å². The summed E-state index contributed by atoms with van der Waals surface area (Å²) in [6.45, 7) is 22.0. The van der Waals surface area contributed by atoms with Crippen LogP contribution >= 0.6 is 17.0 Å². The van der Waals surface area contributed by atoms with E-state index in [9.17, 15) is 0 Å². The van der Waals surface area contributed by atoms with Crippen LogP contribution in [0.5, 0.6) is 0 Å². The van der Waals surface area contributed by atoms with E-state index in [1.54, 1.807) is 0 Å². The Hall–Kier alpha value is -3.40. The summed E-state index contributed by atoms with van der Waals surface area (Å²) in [6, 6.07) is 31.1. The second kappa shape index (κ2) is 13.4. The van der Waals surface area contributed by atoms with Gasteiger partial charge in [-0.1, -0.05) is 0 Å². The summed E-state index contributed by atoms with van der Waals surface area (Å²) in [5, 5.41) is 0. The maximum atomic E-state index is 8.95. The Kier molecular flexibility index (Phi) is 9.29. The summed E-state index contributed by atoms with van der Waals surface area (Å²) >= 11 is -5.37. The summed E-state index contributed by atoms with van der Waals surface area (Å²) in [5.74, 6) is 3.44. The number of aryl methyl sites for hydroxylation is 8. The molecule has 0 spiro atoms. The number of halogens is 2. The van der Waals surface area contributed by atoms with E-state index in [4.69, 9.17) is 25.9 Å². The van der Waals surface area contributed by atoms with Gasteiger partial charge in [-0.25, -0.2) is 0 Å². The molecule has 2 aliphatic rings. The number of benzene rings is 4. The van der Waals surface area contributed by atoms with Gasteiger partial charge in [0.25, 0.3) is 0 Å². The molecule has 2 atom stereocenters. The van der Waals surface area contributed by atoms with Crippen LogP contribution in [0.1, 0.15) is 85.9 Å². The normalized spacial score (nSPS) is 16.7. The van der Waals surface area contributed by atoms with Gasteiger partial charge in [-0.05, 0) is 0 Å². The van der Waals surface area contributed by atoms with Crippen LogP contribution in [0.4, 0.5) is 0 Å². The van der Waals surface area contributed by atoms with Crippen molar-refractivity contribution in [2.45, 2.75) is 75.7 Å². The second-order valence-electron chi connectivity index (χ2n) is 16.2. The van der Waals surface area contributed by atoms with Gasteiger partial charge in [0.1, 0.15) is 0 Å². The quantitative estimate of drug-likeness (QED) is 0.156. The zero-order chi connectivity index (χ0) is 38.5. The third-order valence-electron chi connectivity index (χ3n) is 12.2. The first-order valence-corrected chi connectivity index (χ1v) is 34.3. The number of rotatable bonds is 6. The van der Waals surface area contributed by atoms with Crippen molar-refractivity contribution in [3.8, 4) is 22.3 Å². The van der Waals surface area contributed by atoms with Gasteiger partial charge in [0.05, 0.1) is 0 Å². The fourth-order valence-corrected chi connectivity index (χ4v) is 37.0. The van der Waals surface area contributed by atoms with E-state index in [0.717, 1.165) is 34.2 Å². The Morgan fingerprint density at radius 2 is 0.889 bits per heavy atom. The molecule has 274 valence electrons. The van der Waals surface area contributed by atoms with Gasteiger partial charge in [-0.2, -0.15) is 0 Å². The van der Waals surface area contributed by atoms with E-state index in [0.29, 0.717) is 0 Å². The fourth-order valence-electron chi connectivity index (χ4n) is 9.33. The maximum absolute atomic E-state index is 8.95. The molecule has 4 aromatic carbocycles. The SMILES string of the molecule is Cc1ccc(C)c(-c2c(C)ccc3c2C=C(c2ccc(C)o2)[CH]3[Zr]([Cl])([Cl])([CH]2C(c3ccc(C)o3)=Cc3c2ccc(C)c3-c2cc(C)ccc2C)=[Si](C)C)c1. The molecule has 2 aromatic heterocycles. The molecular weight excluding hydrogens is 799 g/mol. The molecule has 0 amide bonds. The molecule has 0 radical (unpaired) electrons. The van der Waals surface area contributed by atoms with Gasteiger partial charge in [0.15, 0.2) is 0 Å². The summed E-state index contributed by atoms with van der Waals surface area (Å²) in [4.78, 5) is 0. The predicted molar refractivity (Wildman–Crippen MR) is 229 cm³/mol. The van der Waals surface area contributed by atoms with E-state index in [-0.39, 0.29) is 7.25 Å². The molecule has 0 saturated carbocycles. The van der Waals surface area contributed by atoms with E-state index in [1.807, 2.05) is 13.8 Å². The summed E-state index contributed by atoms with van der Waals surface area (Å²) in [7, 11) is 17.9. The first kappa shape index (κ1) is 37.5. The molecule has 0 saturated heterocycles. The molecule has 0 bridgehead atoms. The minimum absolute atomic E-state index is 0.218. The van der Waals surface area contributed by atoms with Crippen molar-refractivity contribution in [3.05, 3.63) is 164 Å². The number of furan rings is 2. The number of hydrogen-bond donors (Lipinski definition) is 0. The fraction of sp³-hybridized carbons (Fsp3) is 0.250. The van der Waals surface area contributed by atoms with Gasteiger partial charge in [-0.15, -0.1) is 0 Å². The number of fused-ring (bicyclic) bond motifs is 2. The van der Waals surface area contributed by atoms with E-state index >= 15 is 0 Å². The van der Waals surface area contributed by atoms with Crippen LogP contribution in [0.3, 0.4) is 0 Å². The van der Waals surface area contributed by atoms with Gasteiger partial charge in [0, 0.05) is 0 Å². The minimum atomic E-state index is -5.37. The van der Waals surface area contributed by atoms with E-state index < -0.39 is 20.4 Å². The van der Waals surface area contributed by atoms with Crippen LogP contribution in [-0.4, -0.2) is 5.43 Å². The molecule has 6 aromatic rings. The topological polar surface area (TPSA) is 26.3 Å². The summed E-state index contributed by atoms with van der Waals surface area (Å²) in [5.41, 5.74) is 18.1. The predicted octanol–water partition coefficient (Wildman–Crippen LogP) is 14.8. The zero-order valence-corrected chi connectivity index (χ0v) is 37.9. The van der Waals surface area contributed by atoms with Crippen molar-refractivity contribution >= 4 is 45.8 Å². The van der Waals surface area contributed by atoms with Crippen LogP contribution in [0.2, 0.25) is 13.1 Å². The molecular formula is C48H48Cl2O2SiZr. The first-order chi connectivity index (χ1) is 25.6. The van der Waals surface area contributed by atoms with Crippen LogP contribution in [0, 0.1) is 55.4 Å². The average molecular weight is 847 g/mol. The Balaban J connectivity index is 1.48. The summed E-state index contributed by atoms with van der Waals surface area (Å²) < 4.78 is 12.7. The molecule has 0 aliphatic heterocycles. The number of allylic oxidation sites excluding steroid dienone is 2. The summed E-state index contributed by atoms with van der Waals surface area (Å²) in [6.07, 6.45) is 4.75. The average Bonchev–Trinajstić information content (AvgIpc) is 3.92. The Morgan fingerprint density at radius 3 is 1.24 bits per heavy atom. The molecule has 0 fully saturated rings. The molecule has 6 heteroatoms. The van der Waals surface area contributed by atoms with E-state index in [1.165, 1.54) is 77.9 Å². The Bertz CT molecular complexity index is 2520. The Morgan fingerprint density at radius 1 is 0.500 bits per heavy atom. The molecule has 0 N–H and O–H groups in total. The third-order valence-corrected chi connectivity index (χ3v) is 58.5. The second-order valence-corrected chi connectivity index (χ2v) is 55.0. The van der Waals surface area contributed by atoms with Crippen molar-refractivity contribution in [1.29, 1.82) is 0 Å². The van der Waals surface area contributed by atoms with Gasteiger partial charge >= 0.3 is 331 Å².